The van der Waals surface area contributed by atoms with E-state index in [1.165, 1.54) is 37.4 Å². The molecule has 1 amide bonds. The number of carboxylic acid groups (broad SMARTS) is 1. The van der Waals surface area contributed by atoms with E-state index < -0.39 is 12.0 Å². The summed E-state index contributed by atoms with van der Waals surface area (Å²) < 4.78 is 0. The zero-order valence-electron chi connectivity index (χ0n) is 11.3. The number of nitrogens with one attached hydrogen (secondary N) is 1. The molecular formula is C13H24N2O3S. The Hall–Kier alpha value is -0.750. The highest BCUT2D eigenvalue weighted by Crippen LogP contribution is 2.17. The predicted octanol–water partition coefficient (Wildman–Crippen LogP) is 1.36. The summed E-state index contributed by atoms with van der Waals surface area (Å²) in [6.07, 6.45) is 7.51. The molecule has 0 radical (unpaired) electrons. The fraction of sp³-hybridized carbons (Fsp3) is 0.846. The molecule has 1 rings (SSSR count). The van der Waals surface area contributed by atoms with E-state index in [2.05, 4.69) is 5.32 Å². The second kappa shape index (κ2) is 9.20. The predicted molar refractivity (Wildman–Crippen MR) is 77.2 cm³/mol. The van der Waals surface area contributed by atoms with E-state index >= 15 is 0 Å². The molecule has 0 saturated heterocycles. The standard InChI is InChI=1S/C13H24N2O3S/c14-11(13(17)18)7-8-19-9-12(16)15-10-5-3-1-2-4-6-10/h10-11H,1-9,14H2,(H,15,16)(H,17,18). The van der Waals surface area contributed by atoms with E-state index in [9.17, 15) is 9.59 Å². The Balaban J connectivity index is 2.08. The van der Waals surface area contributed by atoms with Crippen LogP contribution in [-0.4, -0.2) is 40.6 Å². The van der Waals surface area contributed by atoms with Crippen molar-refractivity contribution < 1.29 is 14.7 Å². The first kappa shape index (κ1) is 16.3. The van der Waals surface area contributed by atoms with Crippen molar-refractivity contribution in [1.82, 2.24) is 5.32 Å². The summed E-state index contributed by atoms with van der Waals surface area (Å²) in [4.78, 5) is 22.2. The van der Waals surface area contributed by atoms with Gasteiger partial charge in [-0.05, 0) is 25.0 Å². The third kappa shape index (κ3) is 7.42. The fourth-order valence-corrected chi connectivity index (χ4v) is 3.03. The fourth-order valence-electron chi connectivity index (χ4n) is 2.19. The monoisotopic (exact) mass is 288 g/mol. The number of carboxylic acids is 1. The molecule has 0 spiro atoms. The van der Waals surface area contributed by atoms with Gasteiger partial charge in [-0.2, -0.15) is 11.8 Å². The van der Waals surface area contributed by atoms with Gasteiger partial charge in [0.25, 0.3) is 0 Å². The number of carbonyl (C=O) groups is 2. The molecule has 0 heterocycles. The molecule has 0 bridgehead atoms. The lowest BCUT2D eigenvalue weighted by molar-refractivity contribution is -0.138. The first-order valence-electron chi connectivity index (χ1n) is 6.95. The second-order valence-electron chi connectivity index (χ2n) is 5.04. The molecule has 1 unspecified atom stereocenters. The van der Waals surface area contributed by atoms with Gasteiger partial charge in [-0.1, -0.05) is 25.7 Å². The Labute approximate surface area is 118 Å². The highest BCUT2D eigenvalue weighted by Gasteiger charge is 2.15. The van der Waals surface area contributed by atoms with E-state index in [-0.39, 0.29) is 5.91 Å². The first-order chi connectivity index (χ1) is 9.09. The highest BCUT2D eigenvalue weighted by molar-refractivity contribution is 7.99. The Morgan fingerprint density at radius 3 is 2.47 bits per heavy atom. The van der Waals surface area contributed by atoms with Crippen LogP contribution in [0.1, 0.15) is 44.9 Å². The Bertz CT molecular complexity index is 292. The lowest BCUT2D eigenvalue weighted by Crippen LogP contribution is -2.35. The maximum atomic E-state index is 11.7. The molecule has 1 saturated carbocycles. The summed E-state index contributed by atoms with van der Waals surface area (Å²) in [5, 5.41) is 11.7. The molecule has 1 aliphatic carbocycles. The van der Waals surface area contributed by atoms with E-state index in [0.717, 1.165) is 12.8 Å². The van der Waals surface area contributed by atoms with E-state index in [1.807, 2.05) is 0 Å². The van der Waals surface area contributed by atoms with Crippen molar-refractivity contribution in [2.24, 2.45) is 5.73 Å². The molecule has 1 aliphatic rings. The quantitative estimate of drug-likeness (QED) is 0.486. The smallest absolute Gasteiger partial charge is 0.320 e. The van der Waals surface area contributed by atoms with Crippen LogP contribution in [0.3, 0.4) is 0 Å². The van der Waals surface area contributed by atoms with Crippen molar-refractivity contribution in [3.8, 4) is 0 Å². The molecule has 0 aliphatic heterocycles. The van der Waals surface area contributed by atoms with Gasteiger partial charge in [-0.3, -0.25) is 9.59 Å². The van der Waals surface area contributed by atoms with Crippen molar-refractivity contribution in [2.45, 2.75) is 57.0 Å². The van der Waals surface area contributed by atoms with Gasteiger partial charge in [0.05, 0.1) is 5.75 Å². The molecule has 1 atom stereocenters. The number of hydrogen-bond donors (Lipinski definition) is 3. The molecule has 110 valence electrons. The second-order valence-corrected chi connectivity index (χ2v) is 6.15. The average molecular weight is 288 g/mol. The average Bonchev–Trinajstić information content (AvgIpc) is 2.62. The summed E-state index contributed by atoms with van der Waals surface area (Å²) >= 11 is 1.45. The number of rotatable bonds is 7. The summed E-state index contributed by atoms with van der Waals surface area (Å²) in [6, 6.07) is -0.491. The molecule has 5 nitrogen and oxygen atoms in total. The minimum absolute atomic E-state index is 0.0563. The summed E-state index contributed by atoms with van der Waals surface area (Å²) in [7, 11) is 0. The lowest BCUT2D eigenvalue weighted by atomic mass is 10.1. The minimum atomic E-state index is -0.983. The molecule has 0 aromatic rings. The maximum Gasteiger partial charge on any atom is 0.320 e. The van der Waals surface area contributed by atoms with Crippen molar-refractivity contribution in [3.63, 3.8) is 0 Å². The summed E-state index contributed by atoms with van der Waals surface area (Å²) in [6.45, 7) is 0. The molecule has 6 heteroatoms. The first-order valence-corrected chi connectivity index (χ1v) is 8.10. The summed E-state index contributed by atoms with van der Waals surface area (Å²) in [5.74, 6) is 0.0679. The van der Waals surface area contributed by atoms with Crippen LogP contribution in [0.2, 0.25) is 0 Å². The molecule has 1 fully saturated rings. The third-order valence-electron chi connectivity index (χ3n) is 3.34. The van der Waals surface area contributed by atoms with Crippen LogP contribution < -0.4 is 11.1 Å². The zero-order valence-corrected chi connectivity index (χ0v) is 12.1. The van der Waals surface area contributed by atoms with Crippen LogP contribution in [-0.2, 0) is 9.59 Å². The van der Waals surface area contributed by atoms with Crippen molar-refractivity contribution in [3.05, 3.63) is 0 Å². The maximum absolute atomic E-state index is 11.7. The number of hydrogen-bond acceptors (Lipinski definition) is 4. The van der Waals surface area contributed by atoms with Gasteiger partial charge in [0.1, 0.15) is 6.04 Å². The number of nitrogens with two attached hydrogens (primary N) is 1. The minimum Gasteiger partial charge on any atom is -0.480 e. The molecule has 19 heavy (non-hydrogen) atoms. The van der Waals surface area contributed by atoms with E-state index in [1.54, 1.807) is 0 Å². The van der Waals surface area contributed by atoms with Gasteiger partial charge in [0.2, 0.25) is 5.91 Å². The number of aliphatic carboxylic acids is 1. The zero-order chi connectivity index (χ0) is 14.1. The van der Waals surface area contributed by atoms with Crippen molar-refractivity contribution in [2.75, 3.05) is 11.5 Å². The highest BCUT2D eigenvalue weighted by atomic mass is 32.2. The van der Waals surface area contributed by atoms with Crippen LogP contribution in [0.15, 0.2) is 0 Å². The van der Waals surface area contributed by atoms with Crippen LogP contribution in [0.5, 0.6) is 0 Å². The van der Waals surface area contributed by atoms with Gasteiger partial charge in [-0.15, -0.1) is 0 Å². The van der Waals surface area contributed by atoms with E-state index in [4.69, 9.17) is 10.8 Å². The molecule has 0 aromatic carbocycles. The molecule has 4 N–H and O–H groups in total. The van der Waals surface area contributed by atoms with Crippen LogP contribution in [0.25, 0.3) is 0 Å². The summed E-state index contributed by atoms with van der Waals surface area (Å²) in [5.41, 5.74) is 5.39. The largest absolute Gasteiger partial charge is 0.480 e. The Morgan fingerprint density at radius 2 is 1.89 bits per heavy atom. The van der Waals surface area contributed by atoms with Crippen LogP contribution in [0.4, 0.5) is 0 Å². The van der Waals surface area contributed by atoms with Gasteiger partial charge < -0.3 is 16.2 Å². The van der Waals surface area contributed by atoms with Crippen molar-refractivity contribution >= 4 is 23.6 Å². The Kier molecular flexibility index (Phi) is 7.90. The molecule has 0 aromatic heterocycles. The number of carbonyl (C=O) groups excluding carboxylic acids is 1. The van der Waals surface area contributed by atoms with Crippen LogP contribution in [0, 0.1) is 0 Å². The van der Waals surface area contributed by atoms with Crippen LogP contribution >= 0.6 is 11.8 Å². The van der Waals surface area contributed by atoms with Gasteiger partial charge in [-0.25, -0.2) is 0 Å². The van der Waals surface area contributed by atoms with E-state index in [0.29, 0.717) is 24.0 Å². The van der Waals surface area contributed by atoms with Crippen molar-refractivity contribution in [1.29, 1.82) is 0 Å². The third-order valence-corrected chi connectivity index (χ3v) is 4.33. The number of amides is 1. The molecular weight excluding hydrogens is 264 g/mol. The van der Waals surface area contributed by atoms with Gasteiger partial charge in [0.15, 0.2) is 0 Å². The normalized spacial score (nSPS) is 18.6. The number of thioether (sulfide) groups is 1. The van der Waals surface area contributed by atoms with Gasteiger partial charge >= 0.3 is 5.97 Å². The topological polar surface area (TPSA) is 92.4 Å². The SMILES string of the molecule is NC(CCSCC(=O)NC1CCCCCC1)C(=O)O. The van der Waals surface area contributed by atoms with Gasteiger partial charge in [0, 0.05) is 6.04 Å². The lowest BCUT2D eigenvalue weighted by Gasteiger charge is -2.16. The Morgan fingerprint density at radius 1 is 1.26 bits per heavy atom.